The molecule has 0 radical (unpaired) electrons. The minimum atomic E-state index is -0.927. The second kappa shape index (κ2) is 6.03. The number of nitrogens with zero attached hydrogens (tertiary/aromatic N) is 4. The maximum atomic E-state index is 10.6. The monoisotopic (exact) mass is 326 g/mol. The molecule has 1 N–H and O–H groups in total. The molecule has 0 aliphatic rings. The van der Waals surface area contributed by atoms with Gasteiger partial charge in [-0.1, -0.05) is 50.2 Å². The number of aromatic nitrogens is 4. The average Bonchev–Trinajstić information content (AvgIpc) is 2.83. The van der Waals surface area contributed by atoms with Gasteiger partial charge in [0.15, 0.2) is 0 Å². The molecule has 21 heavy (non-hydrogen) atoms. The Labute approximate surface area is 131 Å². The van der Waals surface area contributed by atoms with Gasteiger partial charge in [-0.15, -0.1) is 5.10 Å². The number of carboxylic acid groups (broad SMARTS) is 1. The van der Waals surface area contributed by atoms with E-state index in [1.54, 1.807) is 0 Å². The largest absolute Gasteiger partial charge is 0.481 e. The van der Waals surface area contributed by atoms with Crippen LogP contribution in [0.3, 0.4) is 0 Å². The maximum Gasteiger partial charge on any atom is 0.313 e. The highest BCUT2D eigenvalue weighted by Gasteiger charge is 2.18. The minimum Gasteiger partial charge on any atom is -0.481 e. The maximum absolute atomic E-state index is 10.6. The number of benzene rings is 1. The third-order valence-corrected chi connectivity index (χ3v) is 4.01. The molecule has 0 saturated carbocycles. The predicted molar refractivity (Wildman–Crippen MR) is 81.2 cm³/mol. The van der Waals surface area contributed by atoms with E-state index in [0.29, 0.717) is 15.9 Å². The van der Waals surface area contributed by atoms with E-state index >= 15 is 0 Å². The van der Waals surface area contributed by atoms with Crippen LogP contribution in [0.15, 0.2) is 23.4 Å². The second-order valence-electron chi connectivity index (χ2n) is 5.47. The van der Waals surface area contributed by atoms with Crippen LogP contribution in [-0.2, 0) is 10.2 Å². The quantitative estimate of drug-likeness (QED) is 0.870. The minimum absolute atomic E-state index is 0.0102. The van der Waals surface area contributed by atoms with Gasteiger partial charge in [-0.25, -0.2) is 0 Å². The molecule has 0 fully saturated rings. The van der Waals surface area contributed by atoms with Crippen molar-refractivity contribution >= 4 is 29.3 Å². The molecule has 2 rings (SSSR count). The third-order valence-electron chi connectivity index (χ3n) is 2.81. The van der Waals surface area contributed by atoms with Crippen molar-refractivity contribution in [1.29, 1.82) is 0 Å². The standard InChI is InChI=1S/C13H15ClN4O2S/c1-13(2,3)8-4-5-10(9(14)6-8)18-12(15-16-17-18)21-7-11(19)20/h4-6H,7H2,1-3H3,(H,19,20). The van der Waals surface area contributed by atoms with Crippen molar-refractivity contribution in [2.75, 3.05) is 5.75 Å². The molecule has 1 aromatic heterocycles. The molecule has 6 nitrogen and oxygen atoms in total. The SMILES string of the molecule is CC(C)(C)c1ccc(-n2nnnc2SCC(=O)O)c(Cl)c1. The van der Waals surface area contributed by atoms with E-state index in [0.717, 1.165) is 17.3 Å². The van der Waals surface area contributed by atoms with E-state index in [2.05, 4.69) is 36.3 Å². The summed E-state index contributed by atoms with van der Waals surface area (Å²) in [5.74, 6) is -1.04. The van der Waals surface area contributed by atoms with E-state index < -0.39 is 5.97 Å². The molecule has 0 bridgehead atoms. The summed E-state index contributed by atoms with van der Waals surface area (Å²) in [6, 6.07) is 5.68. The van der Waals surface area contributed by atoms with Crippen molar-refractivity contribution in [3.63, 3.8) is 0 Å². The Bertz CT molecular complexity index is 666. The number of halogens is 1. The van der Waals surface area contributed by atoms with Crippen LogP contribution in [-0.4, -0.2) is 37.0 Å². The summed E-state index contributed by atoms with van der Waals surface area (Å²) in [6.45, 7) is 6.30. The van der Waals surface area contributed by atoms with Gasteiger partial charge >= 0.3 is 5.97 Å². The highest BCUT2D eigenvalue weighted by atomic mass is 35.5. The van der Waals surface area contributed by atoms with Gasteiger partial charge in [-0.05, 0) is 33.5 Å². The van der Waals surface area contributed by atoms with Gasteiger partial charge in [0, 0.05) is 0 Å². The molecule has 112 valence electrons. The second-order valence-corrected chi connectivity index (χ2v) is 6.82. The molecule has 0 aliphatic heterocycles. The van der Waals surface area contributed by atoms with Gasteiger partial charge in [-0.2, -0.15) is 4.68 Å². The normalized spacial score (nSPS) is 11.6. The van der Waals surface area contributed by atoms with Crippen LogP contribution >= 0.6 is 23.4 Å². The first-order valence-electron chi connectivity index (χ1n) is 6.22. The van der Waals surface area contributed by atoms with E-state index in [-0.39, 0.29) is 11.2 Å². The lowest BCUT2D eigenvalue weighted by Gasteiger charge is -2.20. The van der Waals surface area contributed by atoms with E-state index in [1.165, 1.54) is 4.68 Å². The summed E-state index contributed by atoms with van der Waals surface area (Å²) in [5, 5.41) is 20.9. The number of thioether (sulfide) groups is 1. The number of aliphatic carboxylic acids is 1. The fourth-order valence-corrected chi connectivity index (χ4v) is 2.56. The van der Waals surface area contributed by atoms with Crippen molar-refractivity contribution in [3.8, 4) is 5.69 Å². The fraction of sp³-hybridized carbons (Fsp3) is 0.385. The van der Waals surface area contributed by atoms with Crippen LogP contribution in [0, 0.1) is 0 Å². The molecule has 8 heteroatoms. The summed E-state index contributed by atoms with van der Waals surface area (Å²) in [4.78, 5) is 10.6. The first-order chi connectivity index (χ1) is 9.79. The van der Waals surface area contributed by atoms with Gasteiger partial charge in [-0.3, -0.25) is 4.79 Å². The van der Waals surface area contributed by atoms with Gasteiger partial charge in [0.25, 0.3) is 0 Å². The number of rotatable bonds is 4. The Hall–Kier alpha value is -1.60. The highest BCUT2D eigenvalue weighted by molar-refractivity contribution is 7.99. The summed E-state index contributed by atoms with van der Waals surface area (Å²) < 4.78 is 1.45. The molecule has 2 aromatic rings. The smallest absolute Gasteiger partial charge is 0.313 e. The van der Waals surface area contributed by atoms with Gasteiger partial charge in [0.2, 0.25) is 5.16 Å². The van der Waals surface area contributed by atoms with Crippen molar-refractivity contribution in [1.82, 2.24) is 20.2 Å². The topological polar surface area (TPSA) is 80.9 Å². The number of carbonyl (C=O) groups is 1. The molecule has 0 atom stereocenters. The van der Waals surface area contributed by atoms with Crippen molar-refractivity contribution in [2.45, 2.75) is 31.3 Å². The molecule has 0 unspecified atom stereocenters. The molecule has 1 heterocycles. The lowest BCUT2D eigenvalue weighted by Crippen LogP contribution is -2.11. The first kappa shape index (κ1) is 15.8. The average molecular weight is 327 g/mol. The van der Waals surface area contributed by atoms with Gasteiger partial charge < -0.3 is 5.11 Å². The highest BCUT2D eigenvalue weighted by Crippen LogP contribution is 2.30. The molecular weight excluding hydrogens is 312 g/mol. The van der Waals surface area contributed by atoms with Crippen LogP contribution in [0.2, 0.25) is 5.02 Å². The molecule has 0 aliphatic carbocycles. The van der Waals surface area contributed by atoms with Gasteiger partial charge in [0.05, 0.1) is 16.5 Å². The van der Waals surface area contributed by atoms with Crippen molar-refractivity contribution in [2.24, 2.45) is 0 Å². The first-order valence-corrected chi connectivity index (χ1v) is 7.59. The van der Waals surface area contributed by atoms with Crippen molar-refractivity contribution in [3.05, 3.63) is 28.8 Å². The number of carboxylic acids is 1. The summed E-state index contributed by atoms with van der Waals surface area (Å²) in [6.07, 6.45) is 0. The van der Waals surface area contributed by atoms with Crippen LogP contribution in [0.25, 0.3) is 5.69 Å². The molecule has 0 amide bonds. The van der Waals surface area contributed by atoms with E-state index in [9.17, 15) is 4.79 Å². The number of hydrogen-bond donors (Lipinski definition) is 1. The predicted octanol–water partition coefficient (Wildman–Crippen LogP) is 2.79. The van der Waals surface area contributed by atoms with Gasteiger partial charge in [0.1, 0.15) is 0 Å². The zero-order valence-electron chi connectivity index (χ0n) is 11.9. The lowest BCUT2D eigenvalue weighted by molar-refractivity contribution is -0.133. The lowest BCUT2D eigenvalue weighted by atomic mass is 9.87. The Balaban J connectivity index is 2.35. The van der Waals surface area contributed by atoms with Crippen LogP contribution < -0.4 is 0 Å². The zero-order valence-corrected chi connectivity index (χ0v) is 13.4. The number of tetrazole rings is 1. The van der Waals surface area contributed by atoms with Crippen LogP contribution in [0.4, 0.5) is 0 Å². The zero-order chi connectivity index (χ0) is 15.6. The van der Waals surface area contributed by atoms with Crippen LogP contribution in [0.1, 0.15) is 26.3 Å². The Kier molecular flexibility index (Phi) is 4.53. The molecular formula is C13H15ClN4O2S. The Morgan fingerprint density at radius 1 is 1.43 bits per heavy atom. The molecule has 1 aromatic carbocycles. The fourth-order valence-electron chi connectivity index (χ4n) is 1.69. The molecule has 0 spiro atoms. The summed E-state index contributed by atoms with van der Waals surface area (Å²) in [5.41, 5.74) is 1.72. The Morgan fingerprint density at radius 2 is 2.14 bits per heavy atom. The van der Waals surface area contributed by atoms with E-state index in [4.69, 9.17) is 16.7 Å². The molecule has 0 saturated heterocycles. The summed E-state index contributed by atoms with van der Waals surface area (Å²) >= 11 is 7.36. The van der Waals surface area contributed by atoms with Crippen LogP contribution in [0.5, 0.6) is 0 Å². The Morgan fingerprint density at radius 3 is 2.71 bits per heavy atom. The summed E-state index contributed by atoms with van der Waals surface area (Å²) in [7, 11) is 0. The van der Waals surface area contributed by atoms with E-state index in [1.807, 2.05) is 18.2 Å². The third kappa shape index (κ3) is 3.74. The van der Waals surface area contributed by atoms with Crippen molar-refractivity contribution < 1.29 is 9.90 Å². The number of hydrogen-bond acceptors (Lipinski definition) is 5.